The van der Waals surface area contributed by atoms with Gasteiger partial charge in [0.25, 0.3) is 0 Å². The first-order valence-electron chi connectivity index (χ1n) is 11.1. The number of alkyl halides is 3. The molecule has 1 aliphatic rings. The van der Waals surface area contributed by atoms with Crippen LogP contribution in [0.5, 0.6) is 5.75 Å². The normalized spacial score (nSPS) is 15.1. The number of anilines is 1. The highest BCUT2D eigenvalue weighted by atomic mass is 19.4. The topological polar surface area (TPSA) is 75.9 Å². The molecule has 35 heavy (non-hydrogen) atoms. The van der Waals surface area contributed by atoms with E-state index in [-0.39, 0.29) is 23.7 Å². The monoisotopic (exact) mass is 481 g/mol. The lowest BCUT2D eigenvalue weighted by Crippen LogP contribution is -2.09. The molecular formula is C26H22F3N3O3. The van der Waals surface area contributed by atoms with Crippen molar-refractivity contribution >= 4 is 17.3 Å². The highest BCUT2D eigenvalue weighted by Crippen LogP contribution is 2.40. The van der Waals surface area contributed by atoms with Gasteiger partial charge < -0.3 is 15.2 Å². The zero-order chi connectivity index (χ0) is 24.7. The first-order chi connectivity index (χ1) is 16.7. The Balaban J connectivity index is 1.44. The minimum atomic E-state index is -4.59. The second kappa shape index (κ2) is 8.65. The molecule has 0 radical (unpaired) electrons. The molecule has 0 amide bonds. The van der Waals surface area contributed by atoms with Crippen LogP contribution < -0.4 is 10.1 Å². The standard InChI is InChI=1S/C26H22F3N3O3/c1-15-16(13-30-18-8-9-20-17(11-23(33)34)14-35-21(20)12-18)5-4-6-19(15)24-25(26(27,28)29)31-22-7-2-3-10-32(22)24/h2-10,12,17,30H,11,13-14H2,1H3,(H,33,34)/t17-/m1/s1. The van der Waals surface area contributed by atoms with Crippen LogP contribution in [-0.4, -0.2) is 27.1 Å². The van der Waals surface area contributed by atoms with E-state index in [1.807, 2.05) is 24.3 Å². The molecule has 0 fully saturated rings. The van der Waals surface area contributed by atoms with E-state index in [1.54, 1.807) is 43.5 Å². The average Bonchev–Trinajstić information content (AvgIpc) is 3.39. The number of nitrogens with zero attached hydrogens (tertiary/aromatic N) is 2. The Kier molecular flexibility index (Phi) is 5.62. The van der Waals surface area contributed by atoms with Crippen molar-refractivity contribution < 1.29 is 27.8 Å². The van der Waals surface area contributed by atoms with Gasteiger partial charge in [-0.25, -0.2) is 4.98 Å². The van der Waals surface area contributed by atoms with Crippen LogP contribution in [0.4, 0.5) is 18.9 Å². The van der Waals surface area contributed by atoms with Crippen LogP contribution >= 0.6 is 0 Å². The van der Waals surface area contributed by atoms with Gasteiger partial charge in [-0.3, -0.25) is 9.20 Å². The van der Waals surface area contributed by atoms with E-state index in [0.717, 1.165) is 22.4 Å². The second-order valence-corrected chi connectivity index (χ2v) is 8.54. The van der Waals surface area contributed by atoms with Gasteiger partial charge in [0, 0.05) is 41.5 Å². The molecule has 9 heteroatoms. The number of pyridine rings is 1. The lowest BCUT2D eigenvalue weighted by Gasteiger charge is -2.15. The van der Waals surface area contributed by atoms with E-state index < -0.39 is 17.8 Å². The summed E-state index contributed by atoms with van der Waals surface area (Å²) in [5.41, 5.74) is 2.99. The summed E-state index contributed by atoms with van der Waals surface area (Å²) in [5.74, 6) is -0.403. The Bertz CT molecular complexity index is 1430. The molecule has 1 atom stereocenters. The molecule has 2 aromatic heterocycles. The first-order valence-corrected chi connectivity index (χ1v) is 11.1. The molecule has 4 aromatic rings. The van der Waals surface area contributed by atoms with E-state index in [9.17, 15) is 18.0 Å². The van der Waals surface area contributed by atoms with Gasteiger partial charge in [0.05, 0.1) is 18.7 Å². The number of benzene rings is 2. The van der Waals surface area contributed by atoms with Crippen LogP contribution in [0.2, 0.25) is 0 Å². The third-order valence-corrected chi connectivity index (χ3v) is 6.30. The Hall–Kier alpha value is -4.01. The average molecular weight is 481 g/mol. The summed E-state index contributed by atoms with van der Waals surface area (Å²) in [6, 6.07) is 15.7. The predicted molar refractivity (Wildman–Crippen MR) is 125 cm³/mol. The van der Waals surface area contributed by atoms with Crippen molar-refractivity contribution in [3.8, 4) is 17.0 Å². The Labute approximate surface area is 199 Å². The van der Waals surface area contributed by atoms with E-state index in [1.165, 1.54) is 4.40 Å². The molecule has 1 aliphatic heterocycles. The summed E-state index contributed by atoms with van der Waals surface area (Å²) in [4.78, 5) is 14.9. The zero-order valence-corrected chi connectivity index (χ0v) is 18.8. The Morgan fingerprint density at radius 3 is 2.80 bits per heavy atom. The second-order valence-electron chi connectivity index (χ2n) is 8.54. The fraction of sp³-hybridized carbons (Fsp3) is 0.231. The number of imidazole rings is 1. The number of fused-ring (bicyclic) bond motifs is 2. The van der Waals surface area contributed by atoms with Crippen LogP contribution in [0.1, 0.15) is 34.7 Å². The lowest BCUT2D eigenvalue weighted by molar-refractivity contribution is -0.140. The smallest absolute Gasteiger partial charge is 0.435 e. The van der Waals surface area contributed by atoms with Crippen molar-refractivity contribution in [3.05, 3.63) is 83.2 Å². The van der Waals surface area contributed by atoms with Gasteiger partial charge in [-0.1, -0.05) is 30.3 Å². The molecular weight excluding hydrogens is 459 g/mol. The molecule has 2 aromatic carbocycles. The number of ether oxygens (including phenoxy) is 1. The molecule has 0 saturated carbocycles. The molecule has 5 rings (SSSR count). The SMILES string of the molecule is Cc1c(CNc2ccc3c(c2)OC[C@H]3CC(=O)O)cccc1-c1c(C(F)(F)F)nc2ccccn12. The van der Waals surface area contributed by atoms with Crippen LogP contribution in [0.25, 0.3) is 16.9 Å². The van der Waals surface area contributed by atoms with E-state index >= 15 is 0 Å². The van der Waals surface area contributed by atoms with Gasteiger partial charge >= 0.3 is 12.1 Å². The van der Waals surface area contributed by atoms with Crippen LogP contribution in [0, 0.1) is 6.92 Å². The maximum absolute atomic E-state index is 13.8. The molecule has 2 N–H and O–H groups in total. The molecule has 0 bridgehead atoms. The number of carbonyl (C=O) groups is 1. The molecule has 3 heterocycles. The van der Waals surface area contributed by atoms with Crippen molar-refractivity contribution in [3.63, 3.8) is 0 Å². The third kappa shape index (κ3) is 4.29. The van der Waals surface area contributed by atoms with Crippen LogP contribution in [0.3, 0.4) is 0 Å². The molecule has 0 aliphatic carbocycles. The third-order valence-electron chi connectivity index (χ3n) is 6.30. The van der Waals surface area contributed by atoms with E-state index in [0.29, 0.717) is 24.5 Å². The van der Waals surface area contributed by atoms with Crippen molar-refractivity contribution in [1.82, 2.24) is 9.38 Å². The number of halogens is 3. The number of aromatic nitrogens is 2. The number of carboxylic acid groups (broad SMARTS) is 1. The number of rotatable bonds is 6. The minimum absolute atomic E-state index is 0.00888. The van der Waals surface area contributed by atoms with Crippen molar-refractivity contribution in [2.24, 2.45) is 0 Å². The fourth-order valence-electron chi connectivity index (χ4n) is 4.55. The van der Waals surface area contributed by atoms with Gasteiger partial charge in [0.1, 0.15) is 11.4 Å². The van der Waals surface area contributed by atoms with Crippen molar-refractivity contribution in [2.45, 2.75) is 32.0 Å². The summed E-state index contributed by atoms with van der Waals surface area (Å²) in [7, 11) is 0. The number of nitrogens with one attached hydrogen (secondary N) is 1. The zero-order valence-electron chi connectivity index (χ0n) is 18.8. The number of hydrogen-bond acceptors (Lipinski definition) is 4. The predicted octanol–water partition coefficient (Wildman–Crippen LogP) is 5.89. The van der Waals surface area contributed by atoms with Gasteiger partial charge in [0.15, 0.2) is 5.69 Å². The number of hydrogen-bond donors (Lipinski definition) is 2. The Morgan fingerprint density at radius 2 is 2.03 bits per heavy atom. The van der Waals surface area contributed by atoms with Crippen molar-refractivity contribution in [2.75, 3.05) is 11.9 Å². The molecule has 0 spiro atoms. The maximum atomic E-state index is 13.8. The number of aliphatic carboxylic acids is 1. The fourth-order valence-corrected chi connectivity index (χ4v) is 4.55. The summed E-state index contributed by atoms with van der Waals surface area (Å²) in [5, 5.41) is 12.4. The van der Waals surface area contributed by atoms with E-state index in [4.69, 9.17) is 9.84 Å². The summed E-state index contributed by atoms with van der Waals surface area (Å²) in [6.07, 6.45) is -3.00. The maximum Gasteiger partial charge on any atom is 0.435 e. The van der Waals surface area contributed by atoms with Crippen molar-refractivity contribution in [1.29, 1.82) is 0 Å². The molecule has 6 nitrogen and oxygen atoms in total. The van der Waals surface area contributed by atoms with Gasteiger partial charge in [-0.05, 0) is 36.2 Å². The lowest BCUT2D eigenvalue weighted by atomic mass is 9.97. The first kappa shape index (κ1) is 22.8. The molecule has 0 saturated heterocycles. The number of carboxylic acids is 1. The van der Waals surface area contributed by atoms with Gasteiger partial charge in [0.2, 0.25) is 0 Å². The summed E-state index contributed by atoms with van der Waals surface area (Å²) < 4.78 is 48.7. The Morgan fingerprint density at radius 1 is 1.20 bits per heavy atom. The summed E-state index contributed by atoms with van der Waals surface area (Å²) in [6.45, 7) is 2.51. The molecule has 180 valence electrons. The van der Waals surface area contributed by atoms with E-state index in [2.05, 4.69) is 10.3 Å². The van der Waals surface area contributed by atoms with Gasteiger partial charge in [-0.2, -0.15) is 13.2 Å². The van der Waals surface area contributed by atoms with Crippen LogP contribution in [-0.2, 0) is 17.5 Å². The van der Waals surface area contributed by atoms with Crippen LogP contribution in [0.15, 0.2) is 60.8 Å². The highest BCUT2D eigenvalue weighted by Gasteiger charge is 2.38. The molecule has 0 unspecified atom stereocenters. The highest BCUT2D eigenvalue weighted by molar-refractivity contribution is 5.72. The summed E-state index contributed by atoms with van der Waals surface area (Å²) >= 11 is 0. The largest absolute Gasteiger partial charge is 0.493 e. The van der Waals surface area contributed by atoms with Gasteiger partial charge in [-0.15, -0.1) is 0 Å². The minimum Gasteiger partial charge on any atom is -0.493 e. The quantitative estimate of drug-likeness (QED) is 0.359.